The number of amides is 2. The van der Waals surface area contributed by atoms with Gasteiger partial charge in [-0.05, 0) is 53.9 Å². The lowest BCUT2D eigenvalue weighted by atomic mass is 9.93. The van der Waals surface area contributed by atoms with Crippen molar-refractivity contribution in [1.29, 1.82) is 0 Å². The Morgan fingerprint density at radius 2 is 1.86 bits per heavy atom. The second-order valence-electron chi connectivity index (χ2n) is 7.21. The molecule has 0 aliphatic heterocycles. The molecular formula is C16H28N2O3. The van der Waals surface area contributed by atoms with Crippen LogP contribution in [0.1, 0.15) is 53.9 Å². The van der Waals surface area contributed by atoms with Gasteiger partial charge in [0.15, 0.2) is 0 Å². The number of rotatable bonds is 4. The van der Waals surface area contributed by atoms with Crippen molar-refractivity contribution in [3.8, 4) is 0 Å². The Kier molecular flexibility index (Phi) is 5.81. The topological polar surface area (TPSA) is 67.4 Å². The number of alkyl carbamates (subject to hydrolysis) is 1. The van der Waals surface area contributed by atoms with Crippen LogP contribution in [0.5, 0.6) is 0 Å². The highest BCUT2D eigenvalue weighted by Crippen LogP contribution is 2.18. The Hall–Kier alpha value is -1.52. The Bertz CT molecular complexity index is 408. The van der Waals surface area contributed by atoms with Crippen LogP contribution in [0.2, 0.25) is 0 Å². The Morgan fingerprint density at radius 3 is 2.38 bits per heavy atom. The van der Waals surface area contributed by atoms with Gasteiger partial charge in [-0.1, -0.05) is 12.2 Å². The van der Waals surface area contributed by atoms with E-state index >= 15 is 0 Å². The second-order valence-corrected chi connectivity index (χ2v) is 7.21. The van der Waals surface area contributed by atoms with Crippen LogP contribution >= 0.6 is 0 Å². The van der Waals surface area contributed by atoms with Crippen molar-refractivity contribution >= 4 is 12.0 Å². The maximum absolute atomic E-state index is 12.1. The summed E-state index contributed by atoms with van der Waals surface area (Å²) in [6.07, 6.45) is 6.34. The van der Waals surface area contributed by atoms with Crippen LogP contribution in [0.15, 0.2) is 12.2 Å². The molecule has 0 bridgehead atoms. The van der Waals surface area contributed by atoms with E-state index < -0.39 is 17.2 Å². The van der Waals surface area contributed by atoms with E-state index in [1.54, 1.807) is 0 Å². The molecule has 21 heavy (non-hydrogen) atoms. The molecule has 0 unspecified atom stereocenters. The summed E-state index contributed by atoms with van der Waals surface area (Å²) < 4.78 is 5.22. The van der Waals surface area contributed by atoms with Crippen molar-refractivity contribution in [2.45, 2.75) is 65.0 Å². The van der Waals surface area contributed by atoms with Crippen LogP contribution in [0.3, 0.4) is 0 Å². The average Bonchev–Trinajstić information content (AvgIpc) is 2.34. The molecule has 0 aromatic rings. The highest BCUT2D eigenvalue weighted by atomic mass is 16.6. The lowest BCUT2D eigenvalue weighted by molar-refractivity contribution is -0.125. The molecule has 0 saturated heterocycles. The molecule has 0 saturated carbocycles. The monoisotopic (exact) mass is 296 g/mol. The summed E-state index contributed by atoms with van der Waals surface area (Å²) in [4.78, 5) is 23.8. The zero-order valence-electron chi connectivity index (χ0n) is 13.8. The minimum Gasteiger partial charge on any atom is -0.444 e. The molecule has 1 rings (SSSR count). The molecule has 0 aromatic carbocycles. The van der Waals surface area contributed by atoms with Gasteiger partial charge in [-0.2, -0.15) is 0 Å². The summed E-state index contributed by atoms with van der Waals surface area (Å²) in [5.74, 6) is 0.103. The highest BCUT2D eigenvalue weighted by molar-refractivity contribution is 5.79. The van der Waals surface area contributed by atoms with Crippen molar-refractivity contribution in [3.63, 3.8) is 0 Å². The fraction of sp³-hybridized carbons (Fsp3) is 0.750. The van der Waals surface area contributed by atoms with E-state index in [9.17, 15) is 9.59 Å². The third kappa shape index (κ3) is 7.16. The molecule has 1 aliphatic rings. The summed E-state index contributed by atoms with van der Waals surface area (Å²) in [6.45, 7) is 9.55. The van der Waals surface area contributed by atoms with Gasteiger partial charge in [0.1, 0.15) is 5.60 Å². The van der Waals surface area contributed by atoms with E-state index in [0.29, 0.717) is 6.54 Å². The minimum absolute atomic E-state index is 0.0485. The SMILES string of the molecule is CC(C)(CNC(=O)[C@H]1CC=CCC1)NC(=O)OC(C)(C)C. The Labute approximate surface area is 127 Å². The maximum atomic E-state index is 12.1. The number of carbonyl (C=O) groups excluding carboxylic acids is 2. The first-order valence-electron chi connectivity index (χ1n) is 7.53. The number of hydrogen-bond acceptors (Lipinski definition) is 3. The van der Waals surface area contributed by atoms with E-state index in [-0.39, 0.29) is 11.8 Å². The van der Waals surface area contributed by atoms with Gasteiger partial charge in [0.05, 0.1) is 5.54 Å². The van der Waals surface area contributed by atoms with Crippen LogP contribution in [0.4, 0.5) is 4.79 Å². The number of allylic oxidation sites excluding steroid dienone is 2. The quantitative estimate of drug-likeness (QED) is 0.784. The first kappa shape index (κ1) is 17.5. The molecule has 0 fully saturated rings. The molecule has 0 heterocycles. The van der Waals surface area contributed by atoms with Crippen molar-refractivity contribution in [2.24, 2.45) is 5.92 Å². The fourth-order valence-electron chi connectivity index (χ4n) is 2.11. The first-order valence-corrected chi connectivity index (χ1v) is 7.53. The molecule has 0 aromatic heterocycles. The maximum Gasteiger partial charge on any atom is 0.408 e. The third-order valence-corrected chi connectivity index (χ3v) is 3.18. The average molecular weight is 296 g/mol. The van der Waals surface area contributed by atoms with Crippen molar-refractivity contribution < 1.29 is 14.3 Å². The molecule has 5 heteroatoms. The van der Waals surface area contributed by atoms with Crippen molar-refractivity contribution in [2.75, 3.05) is 6.54 Å². The number of carbonyl (C=O) groups is 2. The molecule has 2 N–H and O–H groups in total. The van der Waals surface area contributed by atoms with E-state index in [0.717, 1.165) is 19.3 Å². The predicted octanol–water partition coefficient (Wildman–Crippen LogP) is 2.76. The summed E-state index contributed by atoms with van der Waals surface area (Å²) in [5.41, 5.74) is -1.08. The van der Waals surface area contributed by atoms with Crippen molar-refractivity contribution in [1.82, 2.24) is 10.6 Å². The number of ether oxygens (including phenoxy) is 1. The van der Waals surface area contributed by atoms with Crippen LogP contribution in [-0.4, -0.2) is 29.7 Å². The number of nitrogens with one attached hydrogen (secondary N) is 2. The van der Waals surface area contributed by atoms with E-state index in [4.69, 9.17) is 4.74 Å². The van der Waals surface area contributed by atoms with E-state index in [2.05, 4.69) is 22.8 Å². The lowest BCUT2D eigenvalue weighted by Crippen LogP contribution is -2.53. The third-order valence-electron chi connectivity index (χ3n) is 3.18. The van der Waals surface area contributed by atoms with Gasteiger partial charge < -0.3 is 15.4 Å². The lowest BCUT2D eigenvalue weighted by Gasteiger charge is -2.29. The molecule has 1 atom stereocenters. The van der Waals surface area contributed by atoms with Crippen LogP contribution in [-0.2, 0) is 9.53 Å². The number of hydrogen-bond donors (Lipinski definition) is 2. The Balaban J connectivity index is 2.39. The molecule has 5 nitrogen and oxygen atoms in total. The van der Waals surface area contributed by atoms with E-state index in [1.165, 1.54) is 0 Å². The smallest absolute Gasteiger partial charge is 0.408 e. The van der Waals surface area contributed by atoms with Crippen LogP contribution < -0.4 is 10.6 Å². The van der Waals surface area contributed by atoms with Crippen molar-refractivity contribution in [3.05, 3.63) is 12.2 Å². The summed E-state index contributed by atoms with van der Waals surface area (Å²) in [6, 6.07) is 0. The molecule has 0 spiro atoms. The van der Waals surface area contributed by atoms with Gasteiger partial charge in [-0.25, -0.2) is 4.79 Å². The van der Waals surface area contributed by atoms with Gasteiger partial charge in [0.2, 0.25) is 5.91 Å². The zero-order chi connectivity index (χ0) is 16.1. The summed E-state index contributed by atoms with van der Waals surface area (Å²) in [5, 5.41) is 5.70. The zero-order valence-corrected chi connectivity index (χ0v) is 13.8. The first-order chi connectivity index (χ1) is 9.59. The largest absolute Gasteiger partial charge is 0.444 e. The molecule has 0 radical (unpaired) electrons. The van der Waals surface area contributed by atoms with Gasteiger partial charge in [-0.3, -0.25) is 4.79 Å². The molecule has 2 amide bonds. The fourth-order valence-corrected chi connectivity index (χ4v) is 2.11. The van der Waals surface area contributed by atoms with Crippen LogP contribution in [0, 0.1) is 5.92 Å². The predicted molar refractivity (Wildman–Crippen MR) is 82.9 cm³/mol. The Morgan fingerprint density at radius 1 is 1.19 bits per heavy atom. The normalized spacial score (nSPS) is 19.0. The molecule has 1 aliphatic carbocycles. The minimum atomic E-state index is -0.553. The summed E-state index contributed by atoms with van der Waals surface area (Å²) >= 11 is 0. The van der Waals surface area contributed by atoms with Gasteiger partial charge in [-0.15, -0.1) is 0 Å². The van der Waals surface area contributed by atoms with E-state index in [1.807, 2.05) is 34.6 Å². The van der Waals surface area contributed by atoms with Gasteiger partial charge >= 0.3 is 6.09 Å². The van der Waals surface area contributed by atoms with Gasteiger partial charge in [0.25, 0.3) is 0 Å². The highest BCUT2D eigenvalue weighted by Gasteiger charge is 2.26. The van der Waals surface area contributed by atoms with Gasteiger partial charge in [0, 0.05) is 12.5 Å². The summed E-state index contributed by atoms with van der Waals surface area (Å²) in [7, 11) is 0. The standard InChI is InChI=1S/C16H28N2O3/c1-15(2,3)21-14(20)18-16(4,5)11-17-13(19)12-9-7-6-8-10-12/h6-7,12H,8-11H2,1-5H3,(H,17,19)(H,18,20)/t12-/m0/s1. The van der Waals surface area contributed by atoms with Crippen LogP contribution in [0.25, 0.3) is 0 Å². The molecular weight excluding hydrogens is 268 g/mol. The second kappa shape index (κ2) is 6.96. The molecule has 120 valence electrons.